The molecule has 2 heterocycles. The zero-order chi connectivity index (χ0) is 17.5. The van der Waals surface area contributed by atoms with Crippen molar-refractivity contribution in [3.63, 3.8) is 0 Å². The minimum atomic E-state index is -0.480. The van der Waals surface area contributed by atoms with Crippen LogP contribution in [0.5, 0.6) is 0 Å². The molecule has 0 radical (unpaired) electrons. The number of imide groups is 1. The second kappa shape index (κ2) is 8.79. The largest absolute Gasteiger partial charge is 0.349 e. The van der Waals surface area contributed by atoms with Gasteiger partial charge in [-0.1, -0.05) is 6.07 Å². The Kier molecular flexibility index (Phi) is 6.74. The van der Waals surface area contributed by atoms with Crippen LogP contribution in [0.3, 0.4) is 0 Å². The first kappa shape index (κ1) is 18.4. The van der Waals surface area contributed by atoms with Gasteiger partial charge in [-0.05, 0) is 37.4 Å². The van der Waals surface area contributed by atoms with E-state index in [-0.39, 0.29) is 24.3 Å². The van der Waals surface area contributed by atoms with E-state index in [1.54, 1.807) is 30.3 Å². The maximum absolute atomic E-state index is 11.9. The number of likely N-dealkylation sites (tertiary alicyclic amines) is 1. The summed E-state index contributed by atoms with van der Waals surface area (Å²) in [7, 11) is 3.52. The third-order valence-electron chi connectivity index (χ3n) is 4.00. The van der Waals surface area contributed by atoms with E-state index in [2.05, 4.69) is 10.6 Å². The van der Waals surface area contributed by atoms with Gasteiger partial charge in [0.1, 0.15) is 0 Å². The normalized spacial score (nSPS) is 15.8. The summed E-state index contributed by atoms with van der Waals surface area (Å²) < 4.78 is 0. The number of urea groups is 1. The van der Waals surface area contributed by atoms with Crippen LogP contribution in [0.2, 0.25) is 0 Å². The molecule has 0 saturated carbocycles. The van der Waals surface area contributed by atoms with Gasteiger partial charge in [-0.15, -0.1) is 11.3 Å². The van der Waals surface area contributed by atoms with Crippen molar-refractivity contribution < 1.29 is 14.4 Å². The van der Waals surface area contributed by atoms with Gasteiger partial charge < -0.3 is 10.2 Å². The molecule has 0 aliphatic carbocycles. The van der Waals surface area contributed by atoms with Crippen molar-refractivity contribution in [3.8, 4) is 0 Å². The number of amides is 4. The number of hydrogen-bond acceptors (Lipinski definition) is 5. The highest BCUT2D eigenvalue weighted by Gasteiger charge is 2.26. The Balaban J connectivity index is 1.66. The van der Waals surface area contributed by atoms with Gasteiger partial charge in [-0.3, -0.25) is 19.8 Å². The molecule has 24 heavy (non-hydrogen) atoms. The molecule has 1 saturated heterocycles. The predicted octanol–water partition coefficient (Wildman–Crippen LogP) is 0.874. The lowest BCUT2D eigenvalue weighted by molar-refractivity contribution is -0.134. The third-order valence-corrected chi connectivity index (χ3v) is 4.88. The number of thiophene rings is 1. The van der Waals surface area contributed by atoms with Gasteiger partial charge in [0.05, 0.1) is 13.1 Å². The van der Waals surface area contributed by atoms with Crippen molar-refractivity contribution in [1.82, 2.24) is 20.4 Å². The van der Waals surface area contributed by atoms with E-state index in [1.807, 2.05) is 22.4 Å². The van der Waals surface area contributed by atoms with E-state index in [4.69, 9.17) is 0 Å². The molecule has 1 aromatic rings. The highest BCUT2D eigenvalue weighted by molar-refractivity contribution is 7.09. The lowest BCUT2D eigenvalue weighted by Gasteiger charge is -2.31. The van der Waals surface area contributed by atoms with Crippen LogP contribution in [0.1, 0.15) is 17.7 Å². The monoisotopic (exact) mass is 352 g/mol. The number of nitrogens with zero attached hydrogens (tertiary/aromatic N) is 2. The summed E-state index contributed by atoms with van der Waals surface area (Å²) in [5.41, 5.74) is 0. The zero-order valence-electron chi connectivity index (χ0n) is 14.1. The number of rotatable bonds is 5. The molecule has 2 rings (SSSR count). The van der Waals surface area contributed by atoms with E-state index in [9.17, 15) is 14.4 Å². The molecule has 0 atom stereocenters. The van der Waals surface area contributed by atoms with Crippen LogP contribution in [0.25, 0.3) is 0 Å². The molecule has 8 heteroatoms. The van der Waals surface area contributed by atoms with Crippen LogP contribution < -0.4 is 10.6 Å². The van der Waals surface area contributed by atoms with Crippen LogP contribution in [-0.2, 0) is 16.1 Å². The highest BCUT2D eigenvalue weighted by Crippen LogP contribution is 2.18. The molecule has 1 aromatic heterocycles. The number of piperidine rings is 1. The molecule has 0 spiro atoms. The summed E-state index contributed by atoms with van der Waals surface area (Å²) in [6, 6.07) is 3.35. The van der Waals surface area contributed by atoms with Crippen LogP contribution in [-0.4, -0.2) is 61.4 Å². The first-order valence-electron chi connectivity index (χ1n) is 7.99. The van der Waals surface area contributed by atoms with Crippen molar-refractivity contribution in [2.24, 2.45) is 5.92 Å². The number of nitrogens with one attached hydrogen (secondary N) is 2. The van der Waals surface area contributed by atoms with Crippen LogP contribution in [0.4, 0.5) is 4.79 Å². The highest BCUT2D eigenvalue weighted by atomic mass is 32.1. The fraction of sp³-hybridized carbons (Fsp3) is 0.562. The zero-order valence-corrected chi connectivity index (χ0v) is 14.9. The molecular weight excluding hydrogens is 328 g/mol. The molecule has 132 valence electrons. The van der Waals surface area contributed by atoms with E-state index >= 15 is 0 Å². The SMILES string of the molecule is CN(C)C(=O)C1CCN(CC(=O)NC(=O)NCc2cccs2)CC1. The summed E-state index contributed by atoms with van der Waals surface area (Å²) in [5.74, 6) is -0.142. The van der Waals surface area contributed by atoms with Gasteiger partial charge in [0.25, 0.3) is 0 Å². The van der Waals surface area contributed by atoms with Gasteiger partial charge in [0.15, 0.2) is 0 Å². The van der Waals surface area contributed by atoms with E-state index in [1.165, 1.54) is 0 Å². The molecule has 1 fully saturated rings. The summed E-state index contributed by atoms with van der Waals surface area (Å²) in [4.78, 5) is 40.2. The Labute approximate surface area is 146 Å². The summed E-state index contributed by atoms with van der Waals surface area (Å²) in [6.45, 7) is 1.97. The van der Waals surface area contributed by atoms with Crippen molar-refractivity contribution in [1.29, 1.82) is 0 Å². The first-order chi connectivity index (χ1) is 11.5. The fourth-order valence-electron chi connectivity index (χ4n) is 2.70. The van der Waals surface area contributed by atoms with Crippen molar-refractivity contribution in [3.05, 3.63) is 22.4 Å². The maximum Gasteiger partial charge on any atom is 0.321 e. The van der Waals surface area contributed by atoms with Crippen molar-refractivity contribution in [2.45, 2.75) is 19.4 Å². The van der Waals surface area contributed by atoms with Gasteiger partial charge >= 0.3 is 6.03 Å². The number of carbonyl (C=O) groups is 3. The van der Waals surface area contributed by atoms with E-state index in [0.29, 0.717) is 19.6 Å². The Morgan fingerprint density at radius 2 is 2.00 bits per heavy atom. The second-order valence-electron chi connectivity index (χ2n) is 6.09. The minimum Gasteiger partial charge on any atom is -0.349 e. The molecule has 0 aromatic carbocycles. The molecular formula is C16H24N4O3S. The Bertz CT molecular complexity index is 566. The number of hydrogen-bond donors (Lipinski definition) is 2. The van der Waals surface area contributed by atoms with Crippen LogP contribution >= 0.6 is 11.3 Å². The van der Waals surface area contributed by atoms with E-state index in [0.717, 1.165) is 17.7 Å². The smallest absolute Gasteiger partial charge is 0.321 e. The molecule has 7 nitrogen and oxygen atoms in total. The maximum atomic E-state index is 11.9. The van der Waals surface area contributed by atoms with Crippen LogP contribution in [0.15, 0.2) is 17.5 Å². The third kappa shape index (κ3) is 5.61. The van der Waals surface area contributed by atoms with E-state index < -0.39 is 6.03 Å². The molecule has 1 aliphatic heterocycles. The minimum absolute atomic E-state index is 0.0356. The average Bonchev–Trinajstić information content (AvgIpc) is 3.06. The lowest BCUT2D eigenvalue weighted by atomic mass is 9.95. The van der Waals surface area contributed by atoms with Crippen molar-refractivity contribution in [2.75, 3.05) is 33.7 Å². The summed E-state index contributed by atoms with van der Waals surface area (Å²) in [5, 5.41) is 6.93. The summed E-state index contributed by atoms with van der Waals surface area (Å²) >= 11 is 1.55. The van der Waals surface area contributed by atoms with Crippen LogP contribution in [0, 0.1) is 5.92 Å². The molecule has 2 N–H and O–H groups in total. The Morgan fingerprint density at radius 3 is 2.58 bits per heavy atom. The molecule has 1 aliphatic rings. The van der Waals surface area contributed by atoms with Gasteiger partial charge in [-0.25, -0.2) is 4.79 Å². The Morgan fingerprint density at radius 1 is 1.29 bits per heavy atom. The molecule has 4 amide bonds. The fourth-order valence-corrected chi connectivity index (χ4v) is 3.34. The van der Waals surface area contributed by atoms with Gasteiger partial charge in [0, 0.05) is 24.9 Å². The number of carbonyl (C=O) groups excluding carboxylic acids is 3. The van der Waals surface area contributed by atoms with Gasteiger partial charge in [0.2, 0.25) is 11.8 Å². The Hall–Kier alpha value is -1.93. The predicted molar refractivity (Wildman–Crippen MR) is 92.6 cm³/mol. The second-order valence-corrected chi connectivity index (χ2v) is 7.13. The quantitative estimate of drug-likeness (QED) is 0.824. The first-order valence-corrected chi connectivity index (χ1v) is 8.87. The average molecular weight is 352 g/mol. The van der Waals surface area contributed by atoms with Gasteiger partial charge in [-0.2, -0.15) is 0 Å². The molecule has 0 bridgehead atoms. The summed E-state index contributed by atoms with van der Waals surface area (Å²) in [6.07, 6.45) is 1.49. The molecule has 0 unspecified atom stereocenters. The topological polar surface area (TPSA) is 81.8 Å². The standard InChI is InChI=1S/C16H24N4O3S/c1-19(2)15(22)12-5-7-20(8-6-12)11-14(21)18-16(23)17-10-13-4-3-9-24-13/h3-4,9,12H,5-8,10-11H2,1-2H3,(H2,17,18,21,23). The van der Waals surface area contributed by atoms with Crippen molar-refractivity contribution >= 4 is 29.2 Å². The lowest BCUT2D eigenvalue weighted by Crippen LogP contribution is -2.47.